The van der Waals surface area contributed by atoms with E-state index in [1.165, 1.54) is 31.4 Å². The van der Waals surface area contributed by atoms with Crippen LogP contribution < -0.4 is 4.90 Å². The van der Waals surface area contributed by atoms with Crippen molar-refractivity contribution < 1.29 is 0 Å². The Morgan fingerprint density at radius 3 is 2.17 bits per heavy atom. The topological polar surface area (TPSA) is 31.9 Å². The zero-order valence-corrected chi connectivity index (χ0v) is 14.8. The van der Waals surface area contributed by atoms with E-state index >= 15 is 0 Å². The largest absolute Gasteiger partial charge is 0.372 e. The van der Waals surface area contributed by atoms with Crippen molar-refractivity contribution in [3.63, 3.8) is 0 Å². The van der Waals surface area contributed by atoms with Crippen LogP contribution in [0.2, 0.25) is 0 Å². The van der Waals surface area contributed by atoms with Gasteiger partial charge >= 0.3 is 0 Å². The molecule has 126 valence electrons. The molecule has 3 nitrogen and oxygen atoms in total. The number of aromatic nitrogens is 2. The summed E-state index contributed by atoms with van der Waals surface area (Å²) in [7, 11) is 0. The van der Waals surface area contributed by atoms with Crippen molar-refractivity contribution in [2.45, 2.75) is 39.5 Å². The summed E-state index contributed by atoms with van der Waals surface area (Å²) in [6.45, 7) is 6.78. The van der Waals surface area contributed by atoms with Gasteiger partial charge in [-0.05, 0) is 49.2 Å². The van der Waals surface area contributed by atoms with Gasteiger partial charge in [0.15, 0.2) is 0 Å². The van der Waals surface area contributed by atoms with Gasteiger partial charge in [0.2, 0.25) is 0 Å². The minimum atomic E-state index is 0.941. The lowest BCUT2D eigenvalue weighted by Crippen LogP contribution is -2.25. The van der Waals surface area contributed by atoms with Crippen molar-refractivity contribution in [3.8, 4) is 11.4 Å². The lowest BCUT2D eigenvalue weighted by Gasteiger charge is -2.24. The summed E-state index contributed by atoms with van der Waals surface area (Å²) in [6, 6.07) is 17.0. The van der Waals surface area contributed by atoms with E-state index in [4.69, 9.17) is 0 Å². The molecule has 1 aromatic heterocycles. The van der Waals surface area contributed by atoms with Gasteiger partial charge in [0.25, 0.3) is 0 Å². The summed E-state index contributed by atoms with van der Waals surface area (Å²) in [5, 5.41) is 0. The van der Waals surface area contributed by atoms with Gasteiger partial charge in [-0.15, -0.1) is 0 Å². The Labute approximate surface area is 144 Å². The molecule has 0 atom stereocenters. The fraction of sp³-hybridized carbons (Fsp3) is 0.381. The molecule has 0 spiro atoms. The van der Waals surface area contributed by atoms with Crippen LogP contribution in [0.3, 0.4) is 0 Å². The maximum Gasteiger partial charge on any atom is 0.138 e. The highest BCUT2D eigenvalue weighted by Crippen LogP contribution is 2.24. The SMILES string of the molecule is CCCCN(CCCC)c1ccc(-c2nc3ccccc3[nH]2)cc1. The quantitative estimate of drug-likeness (QED) is 0.582. The van der Waals surface area contributed by atoms with Crippen LogP contribution in [0.25, 0.3) is 22.4 Å². The molecule has 3 rings (SSSR count). The Morgan fingerprint density at radius 2 is 1.54 bits per heavy atom. The maximum atomic E-state index is 4.69. The minimum absolute atomic E-state index is 0.941. The molecular formula is C21H27N3. The number of benzene rings is 2. The van der Waals surface area contributed by atoms with Crippen molar-refractivity contribution in [1.29, 1.82) is 0 Å². The molecule has 24 heavy (non-hydrogen) atoms. The monoisotopic (exact) mass is 321 g/mol. The number of hydrogen-bond donors (Lipinski definition) is 1. The number of aromatic amines is 1. The Balaban J connectivity index is 1.80. The average molecular weight is 321 g/mol. The van der Waals surface area contributed by atoms with E-state index in [0.29, 0.717) is 0 Å². The Kier molecular flexibility index (Phi) is 5.52. The van der Waals surface area contributed by atoms with E-state index in [1.54, 1.807) is 0 Å². The number of rotatable bonds is 8. The number of nitrogens with one attached hydrogen (secondary N) is 1. The number of H-pyrrole nitrogens is 1. The summed E-state index contributed by atoms with van der Waals surface area (Å²) in [6.07, 6.45) is 4.96. The van der Waals surface area contributed by atoms with Gasteiger partial charge in [-0.2, -0.15) is 0 Å². The third-order valence-corrected chi connectivity index (χ3v) is 4.46. The first-order valence-electron chi connectivity index (χ1n) is 9.12. The molecule has 3 aromatic rings. The number of imidazole rings is 1. The number of hydrogen-bond acceptors (Lipinski definition) is 2. The summed E-state index contributed by atoms with van der Waals surface area (Å²) in [4.78, 5) is 10.6. The van der Waals surface area contributed by atoms with Gasteiger partial charge in [0.1, 0.15) is 5.82 Å². The average Bonchev–Trinajstić information content (AvgIpc) is 3.06. The van der Waals surface area contributed by atoms with Crippen molar-refractivity contribution in [2.75, 3.05) is 18.0 Å². The van der Waals surface area contributed by atoms with Gasteiger partial charge in [-0.3, -0.25) is 0 Å². The second-order valence-corrected chi connectivity index (χ2v) is 6.34. The lowest BCUT2D eigenvalue weighted by molar-refractivity contribution is 0.678. The number of anilines is 1. The minimum Gasteiger partial charge on any atom is -0.372 e. The van der Waals surface area contributed by atoms with Crippen molar-refractivity contribution in [1.82, 2.24) is 9.97 Å². The molecule has 0 aliphatic rings. The van der Waals surface area contributed by atoms with Gasteiger partial charge in [-0.1, -0.05) is 38.8 Å². The second-order valence-electron chi connectivity index (χ2n) is 6.34. The first-order valence-corrected chi connectivity index (χ1v) is 9.12. The summed E-state index contributed by atoms with van der Waals surface area (Å²) >= 11 is 0. The molecule has 0 unspecified atom stereocenters. The number of nitrogens with zero attached hydrogens (tertiary/aromatic N) is 2. The van der Waals surface area contributed by atoms with E-state index in [0.717, 1.165) is 35.5 Å². The van der Waals surface area contributed by atoms with Crippen LogP contribution in [0.4, 0.5) is 5.69 Å². The molecule has 3 heteroatoms. The highest BCUT2D eigenvalue weighted by Gasteiger charge is 2.08. The van der Waals surface area contributed by atoms with E-state index in [-0.39, 0.29) is 0 Å². The molecule has 0 saturated carbocycles. The van der Waals surface area contributed by atoms with Crippen molar-refractivity contribution in [3.05, 3.63) is 48.5 Å². The lowest BCUT2D eigenvalue weighted by atomic mass is 10.1. The first kappa shape index (κ1) is 16.6. The van der Waals surface area contributed by atoms with E-state index < -0.39 is 0 Å². The van der Waals surface area contributed by atoms with E-state index in [1.807, 2.05) is 18.2 Å². The van der Waals surface area contributed by atoms with E-state index in [2.05, 4.69) is 59.0 Å². The van der Waals surface area contributed by atoms with Crippen LogP contribution in [0.5, 0.6) is 0 Å². The zero-order valence-electron chi connectivity index (χ0n) is 14.8. The normalized spacial score (nSPS) is 11.1. The highest BCUT2D eigenvalue weighted by atomic mass is 15.1. The molecule has 0 amide bonds. The number of unbranched alkanes of at least 4 members (excludes halogenated alkanes) is 2. The fourth-order valence-corrected chi connectivity index (χ4v) is 2.99. The van der Waals surface area contributed by atoms with Gasteiger partial charge in [0.05, 0.1) is 11.0 Å². The summed E-state index contributed by atoms with van der Waals surface area (Å²) < 4.78 is 0. The molecule has 0 saturated heterocycles. The number of fused-ring (bicyclic) bond motifs is 1. The molecule has 1 heterocycles. The number of para-hydroxylation sites is 2. The predicted octanol–water partition coefficient (Wildman–Crippen LogP) is 5.64. The molecule has 0 aliphatic carbocycles. The summed E-state index contributed by atoms with van der Waals surface area (Å²) in [5.41, 5.74) is 4.56. The molecule has 0 fully saturated rings. The zero-order chi connectivity index (χ0) is 16.8. The van der Waals surface area contributed by atoms with Crippen LogP contribution in [0.1, 0.15) is 39.5 Å². The fourth-order valence-electron chi connectivity index (χ4n) is 2.99. The first-order chi connectivity index (χ1) is 11.8. The van der Waals surface area contributed by atoms with Crippen LogP contribution in [-0.2, 0) is 0 Å². The molecule has 1 N–H and O–H groups in total. The molecule has 0 bridgehead atoms. The Bertz CT molecular complexity index is 717. The van der Waals surface area contributed by atoms with Crippen LogP contribution in [0, 0.1) is 0 Å². The molecular weight excluding hydrogens is 294 g/mol. The molecule has 0 radical (unpaired) electrons. The Morgan fingerprint density at radius 1 is 0.875 bits per heavy atom. The van der Waals surface area contributed by atoms with Crippen LogP contribution in [-0.4, -0.2) is 23.1 Å². The van der Waals surface area contributed by atoms with Crippen LogP contribution in [0.15, 0.2) is 48.5 Å². The predicted molar refractivity (Wildman–Crippen MR) is 104 cm³/mol. The molecule has 2 aromatic carbocycles. The van der Waals surface area contributed by atoms with Crippen molar-refractivity contribution in [2.24, 2.45) is 0 Å². The standard InChI is InChI=1S/C21H27N3/c1-3-5-15-24(16-6-4-2)18-13-11-17(12-14-18)21-22-19-9-7-8-10-20(19)23-21/h7-14H,3-6,15-16H2,1-2H3,(H,22,23). The third kappa shape index (κ3) is 3.78. The van der Waals surface area contributed by atoms with Gasteiger partial charge in [-0.25, -0.2) is 4.98 Å². The molecule has 0 aliphatic heterocycles. The third-order valence-electron chi connectivity index (χ3n) is 4.46. The highest BCUT2D eigenvalue weighted by molar-refractivity contribution is 5.79. The van der Waals surface area contributed by atoms with Crippen molar-refractivity contribution >= 4 is 16.7 Å². The second kappa shape index (κ2) is 8.00. The summed E-state index contributed by atoms with van der Waals surface area (Å²) in [5.74, 6) is 0.941. The van der Waals surface area contributed by atoms with Gasteiger partial charge < -0.3 is 9.88 Å². The van der Waals surface area contributed by atoms with E-state index in [9.17, 15) is 0 Å². The van der Waals surface area contributed by atoms with Gasteiger partial charge in [0, 0.05) is 24.3 Å². The van der Waals surface area contributed by atoms with Crippen LogP contribution >= 0.6 is 0 Å². The smallest absolute Gasteiger partial charge is 0.138 e. The Hall–Kier alpha value is -2.29. The maximum absolute atomic E-state index is 4.69.